The molecule has 0 spiro atoms. The zero-order chi connectivity index (χ0) is 22.1. The van der Waals surface area contributed by atoms with Crippen LogP contribution in [0.4, 0.5) is 5.69 Å². The van der Waals surface area contributed by atoms with E-state index in [0.29, 0.717) is 11.3 Å². The van der Waals surface area contributed by atoms with Gasteiger partial charge in [-0.1, -0.05) is 35.4 Å². The summed E-state index contributed by atoms with van der Waals surface area (Å²) in [6.45, 7) is 7.45. The maximum atomic E-state index is 13.7. The number of ether oxygens (including phenoxy) is 1. The number of rotatable bonds is 5. The molecular formula is C24H25NO4S. The van der Waals surface area contributed by atoms with Gasteiger partial charge in [0.15, 0.2) is 0 Å². The molecule has 0 radical (unpaired) electrons. The quantitative estimate of drug-likeness (QED) is 0.582. The lowest BCUT2D eigenvalue weighted by Crippen LogP contribution is -2.37. The molecule has 156 valence electrons. The van der Waals surface area contributed by atoms with E-state index >= 15 is 0 Å². The minimum atomic E-state index is -4.14. The van der Waals surface area contributed by atoms with Gasteiger partial charge in [0, 0.05) is 5.56 Å². The summed E-state index contributed by atoms with van der Waals surface area (Å²) in [5.74, 6) is -0.0164. The van der Waals surface area contributed by atoms with E-state index < -0.39 is 15.9 Å². The predicted molar refractivity (Wildman–Crippen MR) is 119 cm³/mol. The molecule has 6 heteroatoms. The number of sulfonamides is 1. The van der Waals surface area contributed by atoms with E-state index in [1.807, 2.05) is 39.8 Å². The molecule has 0 aliphatic heterocycles. The molecule has 5 nitrogen and oxygen atoms in total. The molecule has 0 aliphatic rings. The smallest absolute Gasteiger partial charge is 0.272 e. The van der Waals surface area contributed by atoms with Crippen molar-refractivity contribution in [1.82, 2.24) is 0 Å². The fraction of sp³-hybridized carbons (Fsp3) is 0.208. The molecular weight excluding hydrogens is 398 g/mol. The van der Waals surface area contributed by atoms with Gasteiger partial charge in [-0.25, -0.2) is 8.42 Å². The molecule has 0 saturated heterocycles. The number of benzene rings is 3. The minimum Gasteiger partial charge on any atom is -0.497 e. The molecule has 0 atom stereocenters. The lowest BCUT2D eigenvalue weighted by atomic mass is 9.99. The highest BCUT2D eigenvalue weighted by Crippen LogP contribution is 2.30. The molecule has 30 heavy (non-hydrogen) atoms. The molecule has 0 saturated carbocycles. The Morgan fingerprint density at radius 2 is 1.33 bits per heavy atom. The zero-order valence-corrected chi connectivity index (χ0v) is 18.6. The van der Waals surface area contributed by atoms with E-state index in [9.17, 15) is 13.2 Å². The Kier molecular flexibility index (Phi) is 5.99. The standard InChI is InChI=1S/C24H25NO4S/c1-16-6-12-22(13-7-16)30(27,28)25(20-8-10-21(29-5)11-9-20)24(26)23-18(3)14-17(2)15-19(23)4/h6-15H,1-5H3. The first kappa shape index (κ1) is 21.6. The van der Waals surface area contributed by atoms with E-state index in [2.05, 4.69) is 0 Å². The fourth-order valence-corrected chi connectivity index (χ4v) is 4.92. The van der Waals surface area contributed by atoms with Crippen LogP contribution in [0.15, 0.2) is 65.6 Å². The van der Waals surface area contributed by atoms with Gasteiger partial charge in [-0.15, -0.1) is 0 Å². The summed E-state index contributed by atoms with van der Waals surface area (Å²) in [6.07, 6.45) is 0. The summed E-state index contributed by atoms with van der Waals surface area (Å²) in [5, 5.41) is 0. The van der Waals surface area contributed by atoms with Gasteiger partial charge >= 0.3 is 0 Å². The van der Waals surface area contributed by atoms with Crippen molar-refractivity contribution in [1.29, 1.82) is 0 Å². The Bertz CT molecular complexity index is 1160. The second-order valence-corrected chi connectivity index (χ2v) is 9.15. The van der Waals surface area contributed by atoms with E-state index in [0.717, 1.165) is 26.6 Å². The summed E-state index contributed by atoms with van der Waals surface area (Å²) in [7, 11) is -2.61. The van der Waals surface area contributed by atoms with Crippen LogP contribution in [0.2, 0.25) is 0 Å². The van der Waals surface area contributed by atoms with Gasteiger partial charge in [0.25, 0.3) is 15.9 Å². The van der Waals surface area contributed by atoms with Crippen molar-refractivity contribution in [3.63, 3.8) is 0 Å². The van der Waals surface area contributed by atoms with E-state index in [1.54, 1.807) is 36.4 Å². The van der Waals surface area contributed by atoms with Crippen molar-refractivity contribution < 1.29 is 17.9 Å². The average molecular weight is 424 g/mol. The van der Waals surface area contributed by atoms with Crippen LogP contribution in [0, 0.1) is 27.7 Å². The lowest BCUT2D eigenvalue weighted by molar-refractivity contribution is 0.100. The van der Waals surface area contributed by atoms with Crippen LogP contribution in [-0.4, -0.2) is 21.4 Å². The van der Waals surface area contributed by atoms with Crippen LogP contribution in [0.5, 0.6) is 5.75 Å². The Hall–Kier alpha value is -3.12. The Morgan fingerprint density at radius 3 is 1.83 bits per heavy atom. The summed E-state index contributed by atoms with van der Waals surface area (Å²) >= 11 is 0. The fourth-order valence-electron chi connectivity index (χ4n) is 3.52. The number of aryl methyl sites for hydroxylation is 4. The molecule has 3 aromatic rings. The van der Waals surface area contributed by atoms with Crippen molar-refractivity contribution in [2.75, 3.05) is 11.4 Å². The molecule has 0 unspecified atom stereocenters. The number of carbonyl (C=O) groups is 1. The molecule has 0 fully saturated rings. The average Bonchev–Trinajstić information content (AvgIpc) is 2.68. The number of carbonyl (C=O) groups excluding carboxylic acids is 1. The third-order valence-corrected chi connectivity index (χ3v) is 6.67. The molecule has 0 aliphatic carbocycles. The monoisotopic (exact) mass is 423 g/mol. The third-order valence-electron chi connectivity index (χ3n) is 4.94. The third kappa shape index (κ3) is 4.09. The maximum Gasteiger partial charge on any atom is 0.272 e. The van der Waals surface area contributed by atoms with Crippen LogP contribution < -0.4 is 9.04 Å². The van der Waals surface area contributed by atoms with Gasteiger partial charge in [0.1, 0.15) is 5.75 Å². The number of methoxy groups -OCH3 is 1. The highest BCUT2D eigenvalue weighted by Gasteiger charge is 2.33. The van der Waals surface area contributed by atoms with Crippen LogP contribution in [0.1, 0.15) is 32.6 Å². The molecule has 3 rings (SSSR count). The second kappa shape index (κ2) is 8.32. The molecule has 3 aromatic carbocycles. The number of anilines is 1. The molecule has 0 heterocycles. The highest BCUT2D eigenvalue weighted by molar-refractivity contribution is 7.93. The molecule has 0 bridgehead atoms. The van der Waals surface area contributed by atoms with Crippen LogP contribution in [-0.2, 0) is 10.0 Å². The van der Waals surface area contributed by atoms with Crippen LogP contribution >= 0.6 is 0 Å². The summed E-state index contributed by atoms with van der Waals surface area (Å²) in [4.78, 5) is 13.7. The van der Waals surface area contributed by atoms with Gasteiger partial charge in [-0.3, -0.25) is 4.79 Å². The van der Waals surface area contributed by atoms with Crippen molar-refractivity contribution in [3.05, 3.63) is 88.5 Å². The number of nitrogens with zero attached hydrogens (tertiary/aromatic N) is 1. The molecule has 0 N–H and O–H groups in total. The normalized spacial score (nSPS) is 11.2. The van der Waals surface area contributed by atoms with E-state index in [1.165, 1.54) is 19.2 Å². The van der Waals surface area contributed by atoms with Crippen molar-refractivity contribution in [3.8, 4) is 5.75 Å². The summed E-state index contributed by atoms with van der Waals surface area (Å²) < 4.78 is 33.2. The van der Waals surface area contributed by atoms with Gasteiger partial charge in [0.2, 0.25) is 0 Å². The Labute approximate surface area is 178 Å². The minimum absolute atomic E-state index is 0.0553. The topological polar surface area (TPSA) is 63.7 Å². The predicted octanol–water partition coefficient (Wildman–Crippen LogP) is 4.96. The van der Waals surface area contributed by atoms with Crippen molar-refractivity contribution in [2.45, 2.75) is 32.6 Å². The lowest BCUT2D eigenvalue weighted by Gasteiger charge is -2.25. The van der Waals surface area contributed by atoms with Crippen LogP contribution in [0.25, 0.3) is 0 Å². The first-order valence-electron chi connectivity index (χ1n) is 9.53. The zero-order valence-electron chi connectivity index (χ0n) is 17.8. The highest BCUT2D eigenvalue weighted by atomic mass is 32.2. The van der Waals surface area contributed by atoms with E-state index in [-0.39, 0.29) is 10.6 Å². The molecule has 0 aromatic heterocycles. The molecule has 1 amide bonds. The van der Waals surface area contributed by atoms with Crippen LogP contribution in [0.3, 0.4) is 0 Å². The summed E-state index contributed by atoms with van der Waals surface area (Å²) in [6, 6.07) is 16.6. The first-order chi connectivity index (χ1) is 14.1. The Balaban J connectivity index is 2.22. The van der Waals surface area contributed by atoms with Gasteiger partial charge in [0.05, 0.1) is 17.7 Å². The van der Waals surface area contributed by atoms with Gasteiger partial charge < -0.3 is 4.74 Å². The maximum absolute atomic E-state index is 13.7. The van der Waals surface area contributed by atoms with Gasteiger partial charge in [-0.2, -0.15) is 4.31 Å². The van der Waals surface area contributed by atoms with Crippen molar-refractivity contribution in [2.24, 2.45) is 0 Å². The number of amides is 1. The SMILES string of the molecule is COc1ccc(N(C(=O)c2c(C)cc(C)cc2C)S(=O)(=O)c2ccc(C)cc2)cc1. The second-order valence-electron chi connectivity index (χ2n) is 7.36. The van der Waals surface area contributed by atoms with Crippen molar-refractivity contribution >= 4 is 21.6 Å². The summed E-state index contributed by atoms with van der Waals surface area (Å²) in [5.41, 5.74) is 4.04. The largest absolute Gasteiger partial charge is 0.497 e. The number of hydrogen-bond donors (Lipinski definition) is 0. The van der Waals surface area contributed by atoms with Gasteiger partial charge in [-0.05, 0) is 75.2 Å². The first-order valence-corrected chi connectivity index (χ1v) is 11.0. The Morgan fingerprint density at radius 1 is 0.800 bits per heavy atom. The van der Waals surface area contributed by atoms with E-state index in [4.69, 9.17) is 4.74 Å². The number of hydrogen-bond acceptors (Lipinski definition) is 4.